The maximum absolute atomic E-state index is 11.3. The van der Waals surface area contributed by atoms with Crippen LogP contribution in [-0.4, -0.2) is 21.7 Å². The standard InChI is InChI=1S/C8H12N2OS/c1-7-5-4-6-8(9-7)10-12(2,3)11/h4-6H,1-3H3. The number of hydrogen-bond donors (Lipinski definition) is 0. The second kappa shape index (κ2) is 3.23. The van der Waals surface area contributed by atoms with Crippen LogP contribution in [0.15, 0.2) is 22.6 Å². The molecule has 3 nitrogen and oxygen atoms in total. The van der Waals surface area contributed by atoms with Crippen molar-refractivity contribution in [3.05, 3.63) is 23.9 Å². The lowest BCUT2D eigenvalue weighted by molar-refractivity contribution is 0.684. The molecule has 0 saturated heterocycles. The van der Waals surface area contributed by atoms with E-state index in [2.05, 4.69) is 9.35 Å². The van der Waals surface area contributed by atoms with E-state index in [1.165, 1.54) is 0 Å². The van der Waals surface area contributed by atoms with E-state index in [1.54, 1.807) is 18.6 Å². The Labute approximate surface area is 73.0 Å². The van der Waals surface area contributed by atoms with Crippen molar-refractivity contribution in [3.63, 3.8) is 0 Å². The van der Waals surface area contributed by atoms with Crippen molar-refractivity contribution in [2.24, 2.45) is 4.36 Å². The zero-order valence-corrected chi connectivity index (χ0v) is 8.26. The molecule has 0 unspecified atom stereocenters. The minimum absolute atomic E-state index is 0.546. The van der Waals surface area contributed by atoms with Gasteiger partial charge in [0.25, 0.3) is 0 Å². The summed E-state index contributed by atoms with van der Waals surface area (Å²) in [5.41, 5.74) is 0.889. The van der Waals surface area contributed by atoms with Crippen LogP contribution in [0.3, 0.4) is 0 Å². The number of pyridine rings is 1. The van der Waals surface area contributed by atoms with Gasteiger partial charge in [0.05, 0.1) is 0 Å². The van der Waals surface area contributed by atoms with Crippen molar-refractivity contribution in [2.45, 2.75) is 6.92 Å². The summed E-state index contributed by atoms with van der Waals surface area (Å²) in [5.74, 6) is 0.546. The van der Waals surface area contributed by atoms with E-state index in [0.717, 1.165) is 5.69 Å². The van der Waals surface area contributed by atoms with E-state index < -0.39 is 9.73 Å². The molecule has 0 aliphatic carbocycles. The van der Waals surface area contributed by atoms with Crippen LogP contribution in [0.5, 0.6) is 0 Å². The Bertz CT molecular complexity index is 384. The summed E-state index contributed by atoms with van der Waals surface area (Å²) in [6.07, 6.45) is 3.19. The molecule has 0 atom stereocenters. The smallest absolute Gasteiger partial charge is 0.161 e. The van der Waals surface area contributed by atoms with E-state index in [4.69, 9.17) is 0 Å². The van der Waals surface area contributed by atoms with Crippen molar-refractivity contribution >= 4 is 15.5 Å². The van der Waals surface area contributed by atoms with Gasteiger partial charge in [0.2, 0.25) is 0 Å². The first-order chi connectivity index (χ1) is 5.47. The lowest BCUT2D eigenvalue weighted by Gasteiger charge is -1.96. The first kappa shape index (κ1) is 9.19. The van der Waals surface area contributed by atoms with Crippen molar-refractivity contribution in [1.82, 2.24) is 4.98 Å². The molecule has 1 aromatic rings. The number of aromatic nitrogens is 1. The normalized spacial score (nSPS) is 11.2. The van der Waals surface area contributed by atoms with Gasteiger partial charge in [-0.1, -0.05) is 6.07 Å². The van der Waals surface area contributed by atoms with Gasteiger partial charge in [-0.2, -0.15) is 4.36 Å². The third-order valence-electron chi connectivity index (χ3n) is 1.19. The Balaban J connectivity index is 3.15. The van der Waals surface area contributed by atoms with E-state index in [-0.39, 0.29) is 0 Å². The molecule has 12 heavy (non-hydrogen) atoms. The van der Waals surface area contributed by atoms with E-state index in [0.29, 0.717) is 5.82 Å². The maximum atomic E-state index is 11.3. The van der Waals surface area contributed by atoms with Crippen LogP contribution in [0.1, 0.15) is 5.69 Å². The fourth-order valence-corrected chi connectivity index (χ4v) is 1.36. The van der Waals surface area contributed by atoms with Crippen molar-refractivity contribution in [1.29, 1.82) is 0 Å². The lowest BCUT2D eigenvalue weighted by atomic mass is 10.4. The second-order valence-corrected chi connectivity index (χ2v) is 5.45. The fourth-order valence-electron chi connectivity index (χ4n) is 0.805. The van der Waals surface area contributed by atoms with Gasteiger partial charge in [0.1, 0.15) is 0 Å². The average molecular weight is 184 g/mol. The molecule has 0 aliphatic rings. The molecule has 66 valence electrons. The molecule has 0 aromatic carbocycles. The first-order valence-corrected chi connectivity index (χ1v) is 5.91. The van der Waals surface area contributed by atoms with Crippen molar-refractivity contribution < 1.29 is 4.21 Å². The van der Waals surface area contributed by atoms with Crippen LogP contribution >= 0.6 is 0 Å². The lowest BCUT2D eigenvalue weighted by Crippen LogP contribution is -1.90. The molecule has 1 aromatic heterocycles. The molecule has 1 rings (SSSR count). The van der Waals surface area contributed by atoms with Gasteiger partial charge >= 0.3 is 0 Å². The molecular weight excluding hydrogens is 172 g/mol. The van der Waals surface area contributed by atoms with Crippen LogP contribution in [0, 0.1) is 6.92 Å². The molecule has 0 radical (unpaired) electrons. The third kappa shape index (κ3) is 3.00. The summed E-state index contributed by atoms with van der Waals surface area (Å²) in [4.78, 5) is 4.11. The predicted molar refractivity (Wildman–Crippen MR) is 51.1 cm³/mol. The highest BCUT2D eigenvalue weighted by atomic mass is 32.2. The molecule has 0 amide bonds. The Morgan fingerprint density at radius 2 is 2.08 bits per heavy atom. The zero-order valence-electron chi connectivity index (χ0n) is 7.44. The zero-order chi connectivity index (χ0) is 9.19. The monoisotopic (exact) mass is 184 g/mol. The van der Waals surface area contributed by atoms with Crippen LogP contribution < -0.4 is 0 Å². The number of rotatable bonds is 1. The topological polar surface area (TPSA) is 42.3 Å². The van der Waals surface area contributed by atoms with Gasteiger partial charge in [-0.3, -0.25) is 0 Å². The van der Waals surface area contributed by atoms with Crippen molar-refractivity contribution in [3.8, 4) is 0 Å². The highest BCUT2D eigenvalue weighted by Crippen LogP contribution is 2.09. The molecule has 4 heteroatoms. The van der Waals surface area contributed by atoms with E-state index in [1.807, 2.05) is 19.1 Å². The highest BCUT2D eigenvalue weighted by molar-refractivity contribution is 7.92. The summed E-state index contributed by atoms with van der Waals surface area (Å²) in [7, 11) is -2.08. The molecule has 0 N–H and O–H groups in total. The SMILES string of the molecule is Cc1cccc(N=S(C)(C)=O)n1. The summed E-state index contributed by atoms with van der Waals surface area (Å²) < 4.78 is 15.2. The maximum Gasteiger partial charge on any atom is 0.161 e. The predicted octanol–water partition coefficient (Wildman–Crippen LogP) is 1.75. The summed E-state index contributed by atoms with van der Waals surface area (Å²) in [5, 5.41) is 0. The van der Waals surface area contributed by atoms with Gasteiger partial charge < -0.3 is 0 Å². The summed E-state index contributed by atoms with van der Waals surface area (Å²) >= 11 is 0. The quantitative estimate of drug-likeness (QED) is 0.667. The molecule has 0 bridgehead atoms. The molecule has 0 spiro atoms. The number of aryl methyl sites for hydroxylation is 1. The van der Waals surface area contributed by atoms with Crippen molar-refractivity contribution in [2.75, 3.05) is 12.5 Å². The minimum Gasteiger partial charge on any atom is -0.250 e. The van der Waals surface area contributed by atoms with Crippen LogP contribution in [-0.2, 0) is 9.73 Å². The fraction of sp³-hybridized carbons (Fsp3) is 0.375. The molecule has 0 aliphatic heterocycles. The molecule has 0 fully saturated rings. The van der Waals surface area contributed by atoms with Gasteiger partial charge in [-0.05, 0) is 19.1 Å². The van der Waals surface area contributed by atoms with E-state index >= 15 is 0 Å². The number of hydrogen-bond acceptors (Lipinski definition) is 3. The highest BCUT2D eigenvalue weighted by Gasteiger charge is 1.94. The largest absolute Gasteiger partial charge is 0.250 e. The molecule has 1 heterocycles. The summed E-state index contributed by atoms with van der Waals surface area (Å²) in [6.45, 7) is 1.88. The van der Waals surface area contributed by atoms with Crippen LogP contribution in [0.25, 0.3) is 0 Å². The van der Waals surface area contributed by atoms with Crippen LogP contribution in [0.2, 0.25) is 0 Å². The average Bonchev–Trinajstić information content (AvgIpc) is 1.82. The summed E-state index contributed by atoms with van der Waals surface area (Å²) in [6, 6.07) is 5.48. The Kier molecular flexibility index (Phi) is 2.47. The Hall–Kier alpha value is -0.900. The Morgan fingerprint density at radius 3 is 2.58 bits per heavy atom. The van der Waals surface area contributed by atoms with Crippen LogP contribution in [0.4, 0.5) is 5.82 Å². The minimum atomic E-state index is -2.08. The Morgan fingerprint density at radius 1 is 1.42 bits per heavy atom. The first-order valence-electron chi connectivity index (χ1n) is 3.58. The van der Waals surface area contributed by atoms with Gasteiger partial charge in [0.15, 0.2) is 5.82 Å². The van der Waals surface area contributed by atoms with Gasteiger partial charge in [-0.25, -0.2) is 9.19 Å². The molecular formula is C8H12N2OS. The molecule has 0 saturated carbocycles. The van der Waals surface area contributed by atoms with Gasteiger partial charge in [-0.15, -0.1) is 0 Å². The van der Waals surface area contributed by atoms with Gasteiger partial charge in [0, 0.05) is 27.9 Å². The second-order valence-electron chi connectivity index (χ2n) is 2.91. The van der Waals surface area contributed by atoms with E-state index in [9.17, 15) is 4.21 Å². The third-order valence-corrected chi connectivity index (χ3v) is 1.81. The number of nitrogens with zero attached hydrogens (tertiary/aromatic N) is 2.